The van der Waals surface area contributed by atoms with Crippen LogP contribution in [-0.4, -0.2) is 45.9 Å². The van der Waals surface area contributed by atoms with Gasteiger partial charge in [-0.25, -0.2) is 4.98 Å². The summed E-state index contributed by atoms with van der Waals surface area (Å²) in [6.45, 7) is 2.90. The molecule has 0 aliphatic heterocycles. The van der Waals surface area contributed by atoms with Crippen molar-refractivity contribution in [2.45, 2.75) is 38.9 Å². The third kappa shape index (κ3) is 5.55. The van der Waals surface area contributed by atoms with E-state index in [0.717, 1.165) is 30.7 Å². The van der Waals surface area contributed by atoms with Gasteiger partial charge in [0.05, 0.1) is 24.4 Å². The quantitative estimate of drug-likeness (QED) is 0.632. The van der Waals surface area contributed by atoms with E-state index in [2.05, 4.69) is 22.2 Å². The number of hydrogen-bond donors (Lipinski definition) is 1. The molecule has 0 spiro atoms. The number of oxime groups is 1. The Morgan fingerprint density at radius 1 is 1.29 bits per heavy atom. The summed E-state index contributed by atoms with van der Waals surface area (Å²) < 4.78 is 45.9. The van der Waals surface area contributed by atoms with E-state index in [-0.39, 0.29) is 23.9 Å². The van der Waals surface area contributed by atoms with E-state index in [1.807, 2.05) is 0 Å². The van der Waals surface area contributed by atoms with E-state index in [0.29, 0.717) is 25.3 Å². The van der Waals surface area contributed by atoms with E-state index in [1.54, 1.807) is 11.0 Å². The number of nitrogens with zero attached hydrogens (tertiary/aromatic N) is 4. The Hall–Kier alpha value is -2.62. The van der Waals surface area contributed by atoms with Crippen molar-refractivity contribution in [3.05, 3.63) is 42.5 Å². The Bertz CT molecular complexity index is 856. The van der Waals surface area contributed by atoms with Crippen LogP contribution in [0.5, 0.6) is 5.75 Å². The van der Waals surface area contributed by atoms with Gasteiger partial charge in [0.2, 0.25) is 0 Å². The molecule has 170 valence electrons. The molecule has 1 aromatic heterocycles. The number of aliphatic hydroxyl groups is 1. The molecule has 0 radical (unpaired) electrons. The molecule has 1 fully saturated rings. The second kappa shape index (κ2) is 9.67. The van der Waals surface area contributed by atoms with Gasteiger partial charge in [0, 0.05) is 23.9 Å². The number of benzene rings is 1. The molecule has 0 unspecified atom stereocenters. The van der Waals surface area contributed by atoms with Gasteiger partial charge in [-0.05, 0) is 43.5 Å². The predicted molar refractivity (Wildman–Crippen MR) is 107 cm³/mol. The SMILES string of the molecule is CO/N=C1/[C@@H](Cn2cncn2)[C@H](COc2ccc(C(F)(F)F)cc2)CC[C@@]1(C)CCO. The Morgan fingerprint density at radius 2 is 2.03 bits per heavy atom. The second-order valence-corrected chi connectivity index (χ2v) is 8.05. The van der Waals surface area contributed by atoms with Crippen LogP contribution in [0.4, 0.5) is 13.2 Å². The van der Waals surface area contributed by atoms with Crippen LogP contribution < -0.4 is 4.74 Å². The largest absolute Gasteiger partial charge is 0.493 e. The van der Waals surface area contributed by atoms with Gasteiger partial charge in [0.1, 0.15) is 25.5 Å². The first kappa shape index (κ1) is 23.1. The Balaban J connectivity index is 1.79. The lowest BCUT2D eigenvalue weighted by Gasteiger charge is -2.43. The fraction of sp³-hybridized carbons (Fsp3) is 0.571. The van der Waals surface area contributed by atoms with Crippen molar-refractivity contribution >= 4 is 5.71 Å². The van der Waals surface area contributed by atoms with Crippen molar-refractivity contribution in [2.24, 2.45) is 22.4 Å². The van der Waals surface area contributed by atoms with Crippen molar-refractivity contribution in [3.63, 3.8) is 0 Å². The third-order valence-corrected chi connectivity index (χ3v) is 5.95. The van der Waals surface area contributed by atoms with Gasteiger partial charge in [-0.2, -0.15) is 18.3 Å². The highest BCUT2D eigenvalue weighted by atomic mass is 19.4. The van der Waals surface area contributed by atoms with E-state index in [1.165, 1.54) is 25.6 Å². The van der Waals surface area contributed by atoms with E-state index in [4.69, 9.17) is 9.57 Å². The predicted octanol–water partition coefficient (Wildman–Crippen LogP) is 3.79. The van der Waals surface area contributed by atoms with Crippen LogP contribution in [0.3, 0.4) is 0 Å². The van der Waals surface area contributed by atoms with Gasteiger partial charge in [-0.15, -0.1) is 0 Å². The highest BCUT2D eigenvalue weighted by Crippen LogP contribution is 2.43. The molecule has 7 nitrogen and oxygen atoms in total. The van der Waals surface area contributed by atoms with Crippen LogP contribution in [-0.2, 0) is 17.6 Å². The van der Waals surface area contributed by atoms with E-state index < -0.39 is 11.7 Å². The van der Waals surface area contributed by atoms with Crippen molar-refractivity contribution in [1.82, 2.24) is 14.8 Å². The van der Waals surface area contributed by atoms with Crippen molar-refractivity contribution in [2.75, 3.05) is 20.3 Å². The lowest BCUT2D eigenvalue weighted by molar-refractivity contribution is -0.137. The number of halogens is 3. The number of rotatable bonds is 8. The first-order valence-electron chi connectivity index (χ1n) is 10.1. The third-order valence-electron chi connectivity index (χ3n) is 5.95. The van der Waals surface area contributed by atoms with Crippen molar-refractivity contribution in [1.29, 1.82) is 0 Å². The molecule has 0 saturated heterocycles. The standard InChI is InChI=1S/C21H27F3N4O3/c1-20(9-10-29)8-7-15(12-31-17-5-3-16(4-6-17)21(22,23)24)18(19(20)27-30-2)11-28-14-25-13-26-28/h3-6,13-15,18,29H,7-12H2,1-2H3/b27-19-/t15-,18-,20-/m0/s1. The Morgan fingerprint density at radius 3 is 2.61 bits per heavy atom. The number of alkyl halides is 3. The maximum Gasteiger partial charge on any atom is 0.416 e. The molecule has 1 aromatic carbocycles. The molecule has 1 saturated carbocycles. The summed E-state index contributed by atoms with van der Waals surface area (Å²) in [6.07, 6.45) is 0.833. The lowest BCUT2D eigenvalue weighted by Crippen LogP contribution is -2.46. The fourth-order valence-electron chi connectivity index (χ4n) is 4.19. The summed E-state index contributed by atoms with van der Waals surface area (Å²) in [5, 5.41) is 18.1. The molecular weight excluding hydrogens is 413 g/mol. The molecule has 0 amide bonds. The number of aromatic nitrogens is 3. The topological polar surface area (TPSA) is 81.8 Å². The molecule has 3 atom stereocenters. The summed E-state index contributed by atoms with van der Waals surface area (Å²) in [7, 11) is 1.49. The van der Waals surface area contributed by atoms with Crippen LogP contribution in [0.15, 0.2) is 42.1 Å². The highest BCUT2D eigenvalue weighted by molar-refractivity contribution is 5.92. The minimum atomic E-state index is -4.38. The van der Waals surface area contributed by atoms with Gasteiger partial charge < -0.3 is 14.7 Å². The Kier molecular flexibility index (Phi) is 7.19. The molecule has 1 aliphatic rings. The lowest BCUT2D eigenvalue weighted by atomic mass is 9.63. The minimum absolute atomic E-state index is 0.0298. The summed E-state index contributed by atoms with van der Waals surface area (Å²) in [5.74, 6) is 0.315. The van der Waals surface area contributed by atoms with Crippen LogP contribution >= 0.6 is 0 Å². The fourth-order valence-corrected chi connectivity index (χ4v) is 4.19. The van der Waals surface area contributed by atoms with Crippen LogP contribution in [0, 0.1) is 17.3 Å². The first-order chi connectivity index (χ1) is 14.8. The zero-order valence-corrected chi connectivity index (χ0v) is 17.5. The van der Waals surface area contributed by atoms with Crippen molar-refractivity contribution < 1.29 is 27.9 Å². The molecule has 1 heterocycles. The molecule has 3 rings (SSSR count). The number of ether oxygens (including phenoxy) is 1. The van der Waals surface area contributed by atoms with Gasteiger partial charge >= 0.3 is 6.18 Å². The zero-order valence-electron chi connectivity index (χ0n) is 17.5. The van der Waals surface area contributed by atoms with Crippen LogP contribution in [0.2, 0.25) is 0 Å². The summed E-state index contributed by atoms with van der Waals surface area (Å²) >= 11 is 0. The van der Waals surface area contributed by atoms with Gasteiger partial charge in [0.25, 0.3) is 0 Å². The molecule has 2 aromatic rings. The number of aliphatic hydroxyl groups excluding tert-OH is 1. The van der Waals surface area contributed by atoms with Crippen LogP contribution in [0.1, 0.15) is 31.7 Å². The minimum Gasteiger partial charge on any atom is -0.493 e. The first-order valence-corrected chi connectivity index (χ1v) is 10.1. The molecule has 1 aliphatic carbocycles. The monoisotopic (exact) mass is 440 g/mol. The number of hydrogen-bond acceptors (Lipinski definition) is 6. The molecular formula is C21H27F3N4O3. The van der Waals surface area contributed by atoms with E-state index in [9.17, 15) is 18.3 Å². The van der Waals surface area contributed by atoms with Gasteiger partial charge in [-0.1, -0.05) is 12.1 Å². The smallest absolute Gasteiger partial charge is 0.416 e. The van der Waals surface area contributed by atoms with Crippen LogP contribution in [0.25, 0.3) is 0 Å². The highest BCUT2D eigenvalue weighted by Gasteiger charge is 2.44. The zero-order chi connectivity index (χ0) is 22.5. The average Bonchev–Trinajstić information content (AvgIpc) is 3.23. The summed E-state index contributed by atoms with van der Waals surface area (Å²) in [5.41, 5.74) is -0.219. The second-order valence-electron chi connectivity index (χ2n) is 8.05. The molecule has 31 heavy (non-hydrogen) atoms. The van der Waals surface area contributed by atoms with Gasteiger partial charge in [-0.3, -0.25) is 4.68 Å². The summed E-state index contributed by atoms with van der Waals surface area (Å²) in [4.78, 5) is 9.14. The maximum atomic E-state index is 12.8. The van der Waals surface area contributed by atoms with Crippen molar-refractivity contribution in [3.8, 4) is 5.75 Å². The molecule has 0 bridgehead atoms. The average molecular weight is 440 g/mol. The maximum absolute atomic E-state index is 12.8. The van der Waals surface area contributed by atoms with E-state index >= 15 is 0 Å². The molecule has 1 N–H and O–H groups in total. The summed E-state index contributed by atoms with van der Waals surface area (Å²) in [6, 6.07) is 4.69. The normalized spacial score (nSPS) is 25.5. The Labute approximate surface area is 178 Å². The van der Waals surface area contributed by atoms with Gasteiger partial charge in [0.15, 0.2) is 0 Å². The molecule has 10 heteroatoms.